The number of nitrogens with zero attached hydrogens (tertiary/aromatic N) is 1. The van der Waals surface area contributed by atoms with Crippen LogP contribution in [0.1, 0.15) is 26.3 Å². The maximum absolute atomic E-state index is 11.9. The molecule has 2 N–H and O–H groups in total. The molecule has 1 aromatic rings. The molecule has 0 unspecified atom stereocenters. The molecule has 21 heavy (non-hydrogen) atoms. The Bertz CT molecular complexity index is 472. The van der Waals surface area contributed by atoms with Crippen LogP contribution >= 0.6 is 0 Å². The number of amides is 1. The minimum absolute atomic E-state index is 0.0879. The maximum Gasteiger partial charge on any atom is 0.323 e. The molecule has 116 valence electrons. The second-order valence-electron chi connectivity index (χ2n) is 5.46. The number of aliphatic carboxylic acids is 1. The first-order valence-corrected chi connectivity index (χ1v) is 7.17. The summed E-state index contributed by atoms with van der Waals surface area (Å²) in [6.45, 7) is 6.21. The molecule has 0 spiro atoms. The lowest BCUT2D eigenvalue weighted by molar-refractivity contribution is -0.150. The van der Waals surface area contributed by atoms with Crippen LogP contribution in [0, 0.1) is 0 Å². The van der Waals surface area contributed by atoms with Crippen LogP contribution in [0.2, 0.25) is 0 Å². The lowest BCUT2D eigenvalue weighted by atomic mass is 10.0. The number of carbonyl (C=O) groups excluding carboxylic acids is 1. The van der Waals surface area contributed by atoms with Crippen molar-refractivity contribution in [3.8, 4) is 0 Å². The van der Waals surface area contributed by atoms with Crippen molar-refractivity contribution in [2.24, 2.45) is 0 Å². The van der Waals surface area contributed by atoms with Gasteiger partial charge in [-0.25, -0.2) is 0 Å². The first-order valence-electron chi connectivity index (χ1n) is 7.17. The van der Waals surface area contributed by atoms with Crippen LogP contribution in [0.4, 0.5) is 0 Å². The van der Waals surface area contributed by atoms with Gasteiger partial charge in [-0.1, -0.05) is 37.3 Å². The summed E-state index contributed by atoms with van der Waals surface area (Å²) in [6, 6.07) is 9.90. The highest BCUT2D eigenvalue weighted by atomic mass is 16.4. The quantitative estimate of drug-likeness (QED) is 0.762. The number of carbonyl (C=O) groups is 2. The van der Waals surface area contributed by atoms with E-state index < -0.39 is 11.5 Å². The van der Waals surface area contributed by atoms with Gasteiger partial charge < -0.3 is 10.4 Å². The predicted octanol–water partition coefficient (Wildman–Crippen LogP) is 1.53. The molecule has 0 aromatic heterocycles. The summed E-state index contributed by atoms with van der Waals surface area (Å²) >= 11 is 0. The van der Waals surface area contributed by atoms with Crippen molar-refractivity contribution in [1.82, 2.24) is 10.2 Å². The van der Waals surface area contributed by atoms with Gasteiger partial charge in [-0.3, -0.25) is 14.5 Å². The molecule has 0 saturated carbocycles. The minimum atomic E-state index is -1.05. The maximum atomic E-state index is 11.9. The van der Waals surface area contributed by atoms with Gasteiger partial charge in [0.1, 0.15) is 5.54 Å². The molecule has 1 rings (SSSR count). The Balaban J connectivity index is 2.43. The number of hydrogen-bond donors (Lipinski definition) is 2. The van der Waals surface area contributed by atoms with Crippen LogP contribution in [0.3, 0.4) is 0 Å². The van der Waals surface area contributed by atoms with Gasteiger partial charge in [0.05, 0.1) is 6.54 Å². The first kappa shape index (κ1) is 17.2. The molecule has 5 nitrogen and oxygen atoms in total. The van der Waals surface area contributed by atoms with E-state index in [1.54, 1.807) is 18.7 Å². The van der Waals surface area contributed by atoms with Gasteiger partial charge in [0.2, 0.25) is 5.91 Å². The molecular formula is C16H24N2O3. The molecule has 0 heterocycles. The zero-order chi connectivity index (χ0) is 15.9. The van der Waals surface area contributed by atoms with Crippen molar-refractivity contribution < 1.29 is 14.7 Å². The van der Waals surface area contributed by atoms with Crippen LogP contribution in [0.15, 0.2) is 30.3 Å². The minimum Gasteiger partial charge on any atom is -0.480 e. The Hall–Kier alpha value is -1.88. The van der Waals surface area contributed by atoms with Crippen LogP contribution < -0.4 is 5.32 Å². The Labute approximate surface area is 126 Å². The van der Waals surface area contributed by atoms with Gasteiger partial charge in [0.25, 0.3) is 0 Å². The van der Waals surface area contributed by atoms with E-state index in [0.29, 0.717) is 13.1 Å². The van der Waals surface area contributed by atoms with E-state index in [2.05, 4.69) is 5.32 Å². The zero-order valence-corrected chi connectivity index (χ0v) is 12.9. The van der Waals surface area contributed by atoms with Crippen molar-refractivity contribution in [1.29, 1.82) is 0 Å². The second kappa shape index (κ2) is 7.78. The number of carboxylic acids is 1. The Morgan fingerprint density at radius 3 is 2.38 bits per heavy atom. The molecule has 0 bridgehead atoms. The van der Waals surface area contributed by atoms with E-state index >= 15 is 0 Å². The number of rotatable bonds is 8. The van der Waals surface area contributed by atoms with E-state index in [1.165, 1.54) is 0 Å². The molecule has 5 heteroatoms. The Morgan fingerprint density at radius 1 is 1.24 bits per heavy atom. The second-order valence-corrected chi connectivity index (χ2v) is 5.46. The number of nitrogens with one attached hydrogen (secondary N) is 1. The van der Waals surface area contributed by atoms with Gasteiger partial charge in [0.15, 0.2) is 0 Å². The van der Waals surface area contributed by atoms with Crippen LogP contribution in [-0.2, 0) is 16.0 Å². The van der Waals surface area contributed by atoms with E-state index in [-0.39, 0.29) is 12.5 Å². The van der Waals surface area contributed by atoms with E-state index in [9.17, 15) is 14.7 Å². The highest BCUT2D eigenvalue weighted by Gasteiger charge is 2.34. The summed E-state index contributed by atoms with van der Waals surface area (Å²) in [6.07, 6.45) is 0.765. The van der Waals surface area contributed by atoms with Gasteiger partial charge >= 0.3 is 5.97 Å². The molecule has 0 aliphatic heterocycles. The van der Waals surface area contributed by atoms with E-state index in [1.807, 2.05) is 37.3 Å². The number of likely N-dealkylation sites (N-methyl/N-ethyl adjacent to an activating group) is 1. The van der Waals surface area contributed by atoms with Crippen LogP contribution in [0.5, 0.6) is 0 Å². The van der Waals surface area contributed by atoms with Gasteiger partial charge in [-0.05, 0) is 32.4 Å². The van der Waals surface area contributed by atoms with Crippen molar-refractivity contribution in [3.63, 3.8) is 0 Å². The monoisotopic (exact) mass is 292 g/mol. The number of hydrogen-bond acceptors (Lipinski definition) is 3. The van der Waals surface area contributed by atoms with Crippen molar-refractivity contribution in [2.75, 3.05) is 19.6 Å². The summed E-state index contributed by atoms with van der Waals surface area (Å²) in [5.41, 5.74) is 0.113. The summed E-state index contributed by atoms with van der Waals surface area (Å²) in [7, 11) is 0. The molecule has 0 radical (unpaired) electrons. The van der Waals surface area contributed by atoms with Crippen molar-refractivity contribution in [3.05, 3.63) is 35.9 Å². The topological polar surface area (TPSA) is 69.6 Å². The van der Waals surface area contributed by atoms with E-state index in [4.69, 9.17) is 0 Å². The largest absolute Gasteiger partial charge is 0.480 e. The molecule has 1 amide bonds. The molecule has 0 atom stereocenters. The molecule has 0 saturated heterocycles. The third-order valence-electron chi connectivity index (χ3n) is 3.61. The fourth-order valence-electron chi connectivity index (χ4n) is 2.06. The summed E-state index contributed by atoms with van der Waals surface area (Å²) in [4.78, 5) is 24.8. The van der Waals surface area contributed by atoms with Gasteiger partial charge in [-0.15, -0.1) is 0 Å². The Kier molecular flexibility index (Phi) is 6.37. The first-order chi connectivity index (χ1) is 9.87. The van der Waals surface area contributed by atoms with Gasteiger partial charge in [-0.2, -0.15) is 0 Å². The Morgan fingerprint density at radius 2 is 1.86 bits per heavy atom. The number of benzene rings is 1. The molecule has 0 aliphatic rings. The fraction of sp³-hybridized carbons (Fsp3) is 0.500. The fourth-order valence-corrected chi connectivity index (χ4v) is 2.06. The predicted molar refractivity (Wildman–Crippen MR) is 82.1 cm³/mol. The molecule has 0 aliphatic carbocycles. The highest BCUT2D eigenvalue weighted by molar-refractivity contribution is 5.81. The molecule has 0 fully saturated rings. The van der Waals surface area contributed by atoms with Crippen LogP contribution in [-0.4, -0.2) is 47.1 Å². The molecule has 1 aromatic carbocycles. The van der Waals surface area contributed by atoms with Crippen molar-refractivity contribution >= 4 is 11.9 Å². The lowest BCUT2D eigenvalue weighted by Crippen LogP contribution is -2.53. The zero-order valence-electron chi connectivity index (χ0n) is 12.9. The average molecular weight is 292 g/mol. The standard InChI is InChI=1S/C16H24N2O3/c1-4-18(16(2,3)15(20)21)12-14(19)17-11-10-13-8-6-5-7-9-13/h5-9H,4,10-12H2,1-3H3,(H,17,19)(H,20,21). The van der Waals surface area contributed by atoms with Crippen molar-refractivity contribution in [2.45, 2.75) is 32.7 Å². The average Bonchev–Trinajstić information content (AvgIpc) is 2.45. The summed E-state index contributed by atoms with van der Waals surface area (Å²) in [5, 5.41) is 12.0. The third kappa shape index (κ3) is 5.19. The SMILES string of the molecule is CCN(CC(=O)NCCc1ccccc1)C(C)(C)C(=O)O. The highest BCUT2D eigenvalue weighted by Crippen LogP contribution is 2.13. The van der Waals surface area contributed by atoms with Gasteiger partial charge in [0, 0.05) is 6.54 Å². The smallest absolute Gasteiger partial charge is 0.323 e. The van der Waals surface area contributed by atoms with E-state index in [0.717, 1.165) is 12.0 Å². The third-order valence-corrected chi connectivity index (χ3v) is 3.61. The number of carboxylic acid groups (broad SMARTS) is 1. The summed E-state index contributed by atoms with van der Waals surface area (Å²) < 4.78 is 0. The summed E-state index contributed by atoms with van der Waals surface area (Å²) in [5.74, 6) is -1.08. The lowest BCUT2D eigenvalue weighted by Gasteiger charge is -2.33. The molecular weight excluding hydrogens is 268 g/mol. The normalized spacial score (nSPS) is 11.4. The van der Waals surface area contributed by atoms with Crippen LogP contribution in [0.25, 0.3) is 0 Å².